The lowest BCUT2D eigenvalue weighted by molar-refractivity contribution is 0.0155. The molecule has 5 nitrogen and oxygen atoms in total. The molecule has 1 atom stereocenters. The highest BCUT2D eigenvalue weighted by Crippen LogP contribution is 2.38. The van der Waals surface area contributed by atoms with Crippen LogP contribution in [0.1, 0.15) is 45.0 Å². The third kappa shape index (κ3) is 3.33. The van der Waals surface area contributed by atoms with Crippen LogP contribution in [0.5, 0.6) is 0 Å². The van der Waals surface area contributed by atoms with E-state index in [2.05, 4.69) is 5.10 Å². The summed E-state index contributed by atoms with van der Waals surface area (Å²) in [6.07, 6.45) is -0.231. The molecule has 2 heterocycles. The zero-order valence-corrected chi connectivity index (χ0v) is 16.2. The molecule has 0 saturated carbocycles. The number of carbonyl (C=O) groups is 1. The first-order chi connectivity index (χ1) is 12.9. The molecule has 1 aromatic heterocycles. The minimum Gasteiger partial charge on any atom is -0.444 e. The first-order valence-corrected chi connectivity index (χ1v) is 8.81. The van der Waals surface area contributed by atoms with Gasteiger partial charge in [-0.25, -0.2) is 22.4 Å². The number of aromatic nitrogens is 2. The number of hydrogen-bond donors (Lipinski definition) is 0. The van der Waals surface area contributed by atoms with Gasteiger partial charge in [-0.1, -0.05) is 0 Å². The molecule has 3 rings (SSSR count). The van der Waals surface area contributed by atoms with Crippen molar-refractivity contribution in [2.45, 2.75) is 45.8 Å². The minimum absolute atomic E-state index is 0.154. The number of carbonyl (C=O) groups excluding carboxylic acids is 1. The summed E-state index contributed by atoms with van der Waals surface area (Å²) in [5.41, 5.74) is 0.100. The number of halogens is 4. The third-order valence-electron chi connectivity index (χ3n) is 4.63. The van der Waals surface area contributed by atoms with Crippen molar-refractivity contribution in [2.24, 2.45) is 7.05 Å². The van der Waals surface area contributed by atoms with E-state index >= 15 is 0 Å². The van der Waals surface area contributed by atoms with E-state index in [1.54, 1.807) is 27.7 Å². The maximum Gasteiger partial charge on any atom is 0.410 e. The second kappa shape index (κ2) is 6.79. The molecular weight excluding hydrogens is 378 g/mol. The first kappa shape index (κ1) is 20.2. The van der Waals surface area contributed by atoms with Crippen LogP contribution in [0, 0.1) is 23.3 Å². The summed E-state index contributed by atoms with van der Waals surface area (Å²) in [6, 6.07) is 0.132. The van der Waals surface area contributed by atoms with Crippen LogP contribution in [0.3, 0.4) is 0 Å². The van der Waals surface area contributed by atoms with Gasteiger partial charge < -0.3 is 4.74 Å². The summed E-state index contributed by atoms with van der Waals surface area (Å²) < 4.78 is 61.8. The molecule has 152 valence electrons. The molecule has 2 aromatic rings. The first-order valence-electron chi connectivity index (χ1n) is 8.81. The fourth-order valence-electron chi connectivity index (χ4n) is 3.40. The van der Waals surface area contributed by atoms with Gasteiger partial charge >= 0.3 is 6.09 Å². The smallest absolute Gasteiger partial charge is 0.410 e. The predicted molar refractivity (Wildman–Crippen MR) is 93.5 cm³/mol. The van der Waals surface area contributed by atoms with Crippen molar-refractivity contribution in [2.75, 3.05) is 6.54 Å². The van der Waals surface area contributed by atoms with Gasteiger partial charge in [0.2, 0.25) is 0 Å². The van der Waals surface area contributed by atoms with Gasteiger partial charge in [-0.2, -0.15) is 5.10 Å². The largest absolute Gasteiger partial charge is 0.444 e. The Labute approximate surface area is 159 Å². The molecule has 1 unspecified atom stereocenters. The lowest BCUT2D eigenvalue weighted by atomic mass is 9.95. The maximum atomic E-state index is 14.3. The van der Waals surface area contributed by atoms with E-state index < -0.39 is 46.6 Å². The summed E-state index contributed by atoms with van der Waals surface area (Å²) in [5, 5.41) is 4.32. The Hall–Kier alpha value is -2.58. The summed E-state index contributed by atoms with van der Waals surface area (Å²) in [5.74, 6) is -6.69. The quantitative estimate of drug-likeness (QED) is 0.403. The Bertz CT molecular complexity index is 950. The number of amides is 1. The van der Waals surface area contributed by atoms with Gasteiger partial charge in [-0.05, 0) is 40.2 Å². The maximum absolute atomic E-state index is 14.3. The van der Waals surface area contributed by atoms with E-state index in [9.17, 15) is 22.4 Å². The monoisotopic (exact) mass is 399 g/mol. The van der Waals surface area contributed by atoms with Gasteiger partial charge in [0.1, 0.15) is 5.60 Å². The standard InChI is InChI=1S/C19H21F4N3O2/c1-9-16-10(6-7-26(9)18(27)28-19(2,3)4)17(25(5)24-16)11-8-12(20)14(22)15(23)13(11)21/h8-9H,6-7H2,1-5H3. The van der Waals surface area contributed by atoms with E-state index in [1.165, 1.54) is 16.6 Å². The van der Waals surface area contributed by atoms with Crippen LogP contribution in [0.25, 0.3) is 11.3 Å². The van der Waals surface area contributed by atoms with Crippen LogP contribution in [0.15, 0.2) is 6.07 Å². The van der Waals surface area contributed by atoms with Crippen LogP contribution in [-0.2, 0) is 18.2 Å². The zero-order valence-electron chi connectivity index (χ0n) is 16.2. The summed E-state index contributed by atoms with van der Waals surface area (Å²) in [4.78, 5) is 13.9. The van der Waals surface area contributed by atoms with Crippen LogP contribution in [-0.4, -0.2) is 32.9 Å². The Morgan fingerprint density at radius 3 is 2.43 bits per heavy atom. The van der Waals surface area contributed by atoms with Crippen molar-refractivity contribution in [1.29, 1.82) is 0 Å². The average molecular weight is 399 g/mol. The van der Waals surface area contributed by atoms with E-state index in [4.69, 9.17) is 4.74 Å². The van der Waals surface area contributed by atoms with E-state index in [1.807, 2.05) is 0 Å². The van der Waals surface area contributed by atoms with Crippen molar-refractivity contribution in [1.82, 2.24) is 14.7 Å². The minimum atomic E-state index is -1.87. The summed E-state index contributed by atoms with van der Waals surface area (Å²) in [6.45, 7) is 7.26. The second-order valence-electron chi connectivity index (χ2n) is 7.78. The number of nitrogens with zero attached hydrogens (tertiary/aromatic N) is 3. The highest BCUT2D eigenvalue weighted by Gasteiger charge is 2.36. The van der Waals surface area contributed by atoms with Gasteiger partial charge in [0.25, 0.3) is 0 Å². The lowest BCUT2D eigenvalue weighted by Gasteiger charge is -2.34. The molecule has 28 heavy (non-hydrogen) atoms. The van der Waals surface area contributed by atoms with E-state index in [0.29, 0.717) is 17.3 Å². The molecule has 0 aliphatic carbocycles. The van der Waals surface area contributed by atoms with Crippen LogP contribution >= 0.6 is 0 Å². The SMILES string of the molecule is CC1c2nn(C)c(-c3cc(F)c(F)c(F)c3F)c2CCN1C(=O)OC(C)(C)C. The molecule has 1 aliphatic heterocycles. The van der Waals surface area contributed by atoms with Crippen molar-refractivity contribution < 1.29 is 27.1 Å². The molecule has 0 bridgehead atoms. The van der Waals surface area contributed by atoms with Crippen LogP contribution in [0.4, 0.5) is 22.4 Å². The highest BCUT2D eigenvalue weighted by molar-refractivity contribution is 5.71. The van der Waals surface area contributed by atoms with Crippen LogP contribution < -0.4 is 0 Å². The number of fused-ring (bicyclic) bond motifs is 1. The van der Waals surface area contributed by atoms with Crippen LogP contribution in [0.2, 0.25) is 0 Å². The van der Waals surface area contributed by atoms with Gasteiger partial charge in [-0.15, -0.1) is 0 Å². The van der Waals surface area contributed by atoms with Gasteiger partial charge in [0, 0.05) is 24.7 Å². The third-order valence-corrected chi connectivity index (χ3v) is 4.63. The molecule has 0 radical (unpaired) electrons. The highest BCUT2D eigenvalue weighted by atomic mass is 19.2. The fraction of sp³-hybridized carbons (Fsp3) is 0.474. The number of ether oxygens (including phenoxy) is 1. The van der Waals surface area contributed by atoms with Crippen molar-refractivity contribution >= 4 is 6.09 Å². The number of hydrogen-bond acceptors (Lipinski definition) is 3. The Balaban J connectivity index is 2.04. The molecular formula is C19H21F4N3O2. The molecule has 0 N–H and O–H groups in total. The van der Waals surface area contributed by atoms with E-state index in [0.717, 1.165) is 0 Å². The molecule has 1 aliphatic rings. The second-order valence-corrected chi connectivity index (χ2v) is 7.78. The van der Waals surface area contributed by atoms with Gasteiger partial charge in [-0.3, -0.25) is 9.58 Å². The molecule has 9 heteroatoms. The number of aryl methyl sites for hydroxylation is 1. The normalized spacial score (nSPS) is 16.9. The van der Waals surface area contributed by atoms with Crippen molar-refractivity contribution in [3.8, 4) is 11.3 Å². The fourth-order valence-corrected chi connectivity index (χ4v) is 3.40. The number of benzene rings is 1. The molecule has 0 saturated heterocycles. The molecule has 1 aromatic carbocycles. The Kier molecular flexibility index (Phi) is 4.89. The lowest BCUT2D eigenvalue weighted by Crippen LogP contribution is -2.42. The molecule has 0 spiro atoms. The van der Waals surface area contributed by atoms with E-state index in [-0.39, 0.29) is 18.7 Å². The Morgan fingerprint density at radius 1 is 1.18 bits per heavy atom. The molecule has 0 fully saturated rings. The summed E-state index contributed by atoms with van der Waals surface area (Å²) in [7, 11) is 1.50. The predicted octanol–water partition coefficient (Wildman–Crippen LogP) is 4.50. The van der Waals surface area contributed by atoms with Crippen molar-refractivity contribution in [3.05, 3.63) is 40.6 Å². The Morgan fingerprint density at radius 2 is 1.82 bits per heavy atom. The van der Waals surface area contributed by atoms with Gasteiger partial charge in [0.05, 0.1) is 17.4 Å². The zero-order chi connectivity index (χ0) is 21.0. The summed E-state index contributed by atoms with van der Waals surface area (Å²) >= 11 is 0. The van der Waals surface area contributed by atoms with Crippen molar-refractivity contribution in [3.63, 3.8) is 0 Å². The van der Waals surface area contributed by atoms with Gasteiger partial charge in [0.15, 0.2) is 23.3 Å². The number of rotatable bonds is 1. The topological polar surface area (TPSA) is 47.4 Å². The average Bonchev–Trinajstić information content (AvgIpc) is 2.92. The molecule has 1 amide bonds.